The average Bonchev–Trinajstić information content (AvgIpc) is 3.41. The van der Waals surface area contributed by atoms with Crippen LogP contribution in [0.1, 0.15) is 49.7 Å². The van der Waals surface area contributed by atoms with Crippen LogP contribution in [-0.4, -0.2) is 42.0 Å². The minimum Gasteiger partial charge on any atom is -0.504 e. The number of likely N-dealkylation sites (tertiary alicyclic amines) is 1. The van der Waals surface area contributed by atoms with Gasteiger partial charge in [-0.3, -0.25) is 9.69 Å². The number of benzene rings is 1. The van der Waals surface area contributed by atoms with E-state index in [1.165, 1.54) is 24.9 Å². The number of ketones is 1. The number of aromatic hydroxyl groups is 1. The van der Waals surface area contributed by atoms with Crippen LogP contribution in [0.4, 0.5) is 0 Å². The number of ether oxygens (including phenoxy) is 1. The zero-order valence-corrected chi connectivity index (χ0v) is 15.0. The minimum atomic E-state index is -0.174. The Labute approximate surface area is 149 Å². The summed E-state index contributed by atoms with van der Waals surface area (Å²) in [6.07, 6.45) is 7.03. The van der Waals surface area contributed by atoms with Gasteiger partial charge >= 0.3 is 0 Å². The topological polar surface area (TPSA) is 49.8 Å². The molecule has 3 fully saturated rings. The number of carbonyl (C=O) groups excluding carboxylic acids is 1. The summed E-state index contributed by atoms with van der Waals surface area (Å²) >= 11 is 0. The molecule has 4 aliphatic rings. The van der Waals surface area contributed by atoms with E-state index in [1.807, 2.05) is 6.07 Å². The highest BCUT2D eigenvalue weighted by molar-refractivity contribution is 5.82. The number of hydrogen-bond acceptors (Lipinski definition) is 4. The zero-order valence-electron chi connectivity index (χ0n) is 15.0. The molecule has 134 valence electrons. The average molecular weight is 341 g/mol. The fourth-order valence-electron chi connectivity index (χ4n) is 6.02. The molecule has 0 spiro atoms. The second kappa shape index (κ2) is 5.47. The molecule has 3 atom stereocenters. The number of methoxy groups -OCH3 is 1. The van der Waals surface area contributed by atoms with Crippen LogP contribution in [0, 0.1) is 11.8 Å². The van der Waals surface area contributed by atoms with Crippen LogP contribution in [0.2, 0.25) is 0 Å². The Morgan fingerprint density at radius 3 is 2.92 bits per heavy atom. The fraction of sp³-hybridized carbons (Fsp3) is 0.667. The highest BCUT2D eigenvalue weighted by atomic mass is 16.5. The number of hydrogen-bond donors (Lipinski definition) is 1. The van der Waals surface area contributed by atoms with Crippen molar-refractivity contribution in [1.29, 1.82) is 0 Å². The van der Waals surface area contributed by atoms with Crippen molar-refractivity contribution in [2.75, 3.05) is 20.2 Å². The van der Waals surface area contributed by atoms with E-state index in [0.29, 0.717) is 36.3 Å². The van der Waals surface area contributed by atoms with Crippen LogP contribution in [0.15, 0.2) is 12.1 Å². The minimum absolute atomic E-state index is 0.174. The number of Topliss-reactive ketones (excluding diaryl/α,β-unsaturated/α-hetero) is 1. The number of carbonyl (C=O) groups is 1. The molecule has 0 unspecified atom stereocenters. The molecular weight excluding hydrogens is 314 g/mol. The van der Waals surface area contributed by atoms with E-state index in [4.69, 9.17) is 4.74 Å². The van der Waals surface area contributed by atoms with Gasteiger partial charge in [-0.1, -0.05) is 6.07 Å². The van der Waals surface area contributed by atoms with Crippen LogP contribution in [0.25, 0.3) is 0 Å². The second-order valence-corrected chi connectivity index (χ2v) is 8.63. The Morgan fingerprint density at radius 2 is 2.16 bits per heavy atom. The first-order valence-corrected chi connectivity index (χ1v) is 9.77. The lowest BCUT2D eigenvalue weighted by Crippen LogP contribution is -2.62. The van der Waals surface area contributed by atoms with Gasteiger partial charge in [-0.25, -0.2) is 0 Å². The summed E-state index contributed by atoms with van der Waals surface area (Å²) in [6.45, 7) is 2.28. The molecule has 1 heterocycles. The van der Waals surface area contributed by atoms with Crippen LogP contribution in [0.3, 0.4) is 0 Å². The predicted octanol–water partition coefficient (Wildman–Crippen LogP) is 3.05. The monoisotopic (exact) mass is 341 g/mol. The Hall–Kier alpha value is -1.55. The van der Waals surface area contributed by atoms with Crippen LogP contribution in [-0.2, 0) is 16.6 Å². The van der Waals surface area contributed by atoms with Crippen molar-refractivity contribution < 1.29 is 14.6 Å². The van der Waals surface area contributed by atoms with Gasteiger partial charge in [-0.15, -0.1) is 0 Å². The van der Waals surface area contributed by atoms with Gasteiger partial charge in [0.25, 0.3) is 0 Å². The third-order valence-electron chi connectivity index (χ3n) is 7.30. The zero-order chi connectivity index (χ0) is 17.2. The van der Waals surface area contributed by atoms with Crippen LogP contribution in [0.5, 0.6) is 11.5 Å². The first-order valence-electron chi connectivity index (χ1n) is 9.77. The molecule has 1 aromatic rings. The van der Waals surface area contributed by atoms with E-state index in [9.17, 15) is 9.90 Å². The molecule has 5 rings (SSSR count). The molecule has 1 aliphatic heterocycles. The van der Waals surface area contributed by atoms with E-state index in [1.54, 1.807) is 7.11 Å². The summed E-state index contributed by atoms with van der Waals surface area (Å²) in [4.78, 5) is 15.1. The van der Waals surface area contributed by atoms with Crippen molar-refractivity contribution >= 4 is 5.78 Å². The molecule has 1 aromatic carbocycles. The normalized spacial score (nSPS) is 34.4. The number of fused-ring (bicyclic) bond motifs is 1. The number of phenols is 1. The van der Waals surface area contributed by atoms with Crippen LogP contribution >= 0.6 is 0 Å². The van der Waals surface area contributed by atoms with Gasteiger partial charge in [0.2, 0.25) is 0 Å². The molecule has 25 heavy (non-hydrogen) atoms. The predicted molar refractivity (Wildman–Crippen MR) is 95.1 cm³/mol. The maximum Gasteiger partial charge on any atom is 0.161 e. The van der Waals surface area contributed by atoms with Crippen molar-refractivity contribution in [3.63, 3.8) is 0 Å². The molecule has 3 aliphatic carbocycles. The number of phenolic OH excluding ortho intramolecular Hbond substituents is 1. The van der Waals surface area contributed by atoms with E-state index in [0.717, 1.165) is 37.3 Å². The standard InChI is InChI=1S/C21H27NO3/c1-25-18-7-4-14-10-17-16-6-5-15(23)11-21(16,19(14)20(18)24)8-9-22(17)12-13-2-3-13/h4,7,13,16-17,24H,2-3,5-6,8-12H2,1H3/t16-,17-,21+/m0/s1. The van der Waals surface area contributed by atoms with E-state index < -0.39 is 0 Å². The van der Waals surface area contributed by atoms with Gasteiger partial charge in [0.05, 0.1) is 7.11 Å². The lowest BCUT2D eigenvalue weighted by atomic mass is 9.52. The first-order chi connectivity index (χ1) is 12.1. The summed E-state index contributed by atoms with van der Waals surface area (Å²) < 4.78 is 5.39. The largest absolute Gasteiger partial charge is 0.504 e. The first kappa shape index (κ1) is 15.7. The summed E-state index contributed by atoms with van der Waals surface area (Å²) in [5, 5.41) is 10.9. The van der Waals surface area contributed by atoms with Gasteiger partial charge in [-0.2, -0.15) is 0 Å². The molecule has 0 radical (unpaired) electrons. The van der Waals surface area contributed by atoms with E-state index >= 15 is 0 Å². The van der Waals surface area contributed by atoms with Crippen molar-refractivity contribution in [1.82, 2.24) is 4.90 Å². The molecule has 0 aromatic heterocycles. The third kappa shape index (κ3) is 2.26. The SMILES string of the molecule is COc1ccc2c(c1O)[C@@]13CCN(CC4CC4)[C@@H](C2)[C@@H]1CCC(=O)C3. The van der Waals surface area contributed by atoms with Crippen molar-refractivity contribution in [3.8, 4) is 11.5 Å². The lowest BCUT2D eigenvalue weighted by Gasteiger charge is -2.58. The highest BCUT2D eigenvalue weighted by Crippen LogP contribution is 2.58. The summed E-state index contributed by atoms with van der Waals surface area (Å²) in [5.74, 6) is 2.57. The molecule has 1 saturated heterocycles. The molecule has 2 bridgehead atoms. The fourth-order valence-corrected chi connectivity index (χ4v) is 6.02. The van der Waals surface area contributed by atoms with E-state index in [2.05, 4.69) is 11.0 Å². The van der Waals surface area contributed by atoms with Gasteiger partial charge in [0.15, 0.2) is 11.5 Å². The Morgan fingerprint density at radius 1 is 1.32 bits per heavy atom. The van der Waals surface area contributed by atoms with Gasteiger partial charge < -0.3 is 9.84 Å². The second-order valence-electron chi connectivity index (χ2n) is 8.63. The number of nitrogens with zero attached hydrogens (tertiary/aromatic N) is 1. The van der Waals surface area contributed by atoms with Gasteiger partial charge in [-0.05, 0) is 62.1 Å². The van der Waals surface area contributed by atoms with Gasteiger partial charge in [0.1, 0.15) is 5.78 Å². The Kier molecular flexibility index (Phi) is 3.43. The van der Waals surface area contributed by atoms with Crippen molar-refractivity contribution in [2.24, 2.45) is 11.8 Å². The molecule has 2 saturated carbocycles. The molecule has 4 heteroatoms. The highest BCUT2D eigenvalue weighted by Gasteiger charge is 2.57. The smallest absolute Gasteiger partial charge is 0.161 e. The number of piperidine rings is 1. The summed E-state index contributed by atoms with van der Waals surface area (Å²) in [5.41, 5.74) is 2.09. The summed E-state index contributed by atoms with van der Waals surface area (Å²) in [6, 6.07) is 4.54. The quantitative estimate of drug-likeness (QED) is 0.918. The summed E-state index contributed by atoms with van der Waals surface area (Å²) in [7, 11) is 1.60. The van der Waals surface area contributed by atoms with E-state index in [-0.39, 0.29) is 11.2 Å². The molecule has 0 amide bonds. The maximum atomic E-state index is 12.4. The number of rotatable bonds is 3. The molecular formula is C21H27NO3. The van der Waals surface area contributed by atoms with Crippen molar-refractivity contribution in [3.05, 3.63) is 23.3 Å². The third-order valence-corrected chi connectivity index (χ3v) is 7.30. The van der Waals surface area contributed by atoms with Crippen molar-refractivity contribution in [2.45, 2.75) is 56.4 Å². The maximum absolute atomic E-state index is 12.4. The Bertz CT molecular complexity index is 726. The molecule has 4 nitrogen and oxygen atoms in total. The Balaban J connectivity index is 1.63. The lowest BCUT2D eigenvalue weighted by molar-refractivity contribution is -0.127. The molecule has 1 N–H and O–H groups in total. The van der Waals surface area contributed by atoms with Crippen LogP contribution < -0.4 is 4.74 Å². The van der Waals surface area contributed by atoms with Gasteiger partial charge in [0, 0.05) is 36.4 Å².